The van der Waals surface area contributed by atoms with E-state index in [0.717, 1.165) is 17.0 Å². The molecule has 0 aliphatic carbocycles. The van der Waals surface area contributed by atoms with Gasteiger partial charge in [0.2, 0.25) is 0 Å². The number of nitrogens with zero attached hydrogens (tertiary/aromatic N) is 1. The number of rotatable bonds is 7. The van der Waals surface area contributed by atoms with Crippen molar-refractivity contribution < 1.29 is 8.42 Å². The molecule has 116 valence electrons. The summed E-state index contributed by atoms with van der Waals surface area (Å²) in [6.07, 6.45) is 0. The SMILES string of the molecule is CCN(C(C)C)S(=O)(=O)c1cc(C)c(CNC(C)C)s1. The summed E-state index contributed by atoms with van der Waals surface area (Å²) in [6, 6.07) is 2.16. The van der Waals surface area contributed by atoms with Crippen molar-refractivity contribution in [2.75, 3.05) is 6.54 Å². The number of thiophene rings is 1. The Kier molecular flexibility index (Phi) is 6.19. The molecule has 0 radical (unpaired) electrons. The average Bonchev–Trinajstić information content (AvgIpc) is 2.68. The molecule has 0 aliphatic rings. The van der Waals surface area contributed by atoms with Gasteiger partial charge in [0.05, 0.1) is 0 Å². The van der Waals surface area contributed by atoms with E-state index in [1.807, 2.05) is 27.7 Å². The predicted octanol–water partition coefficient (Wildman–Crippen LogP) is 2.97. The highest BCUT2D eigenvalue weighted by atomic mass is 32.2. The topological polar surface area (TPSA) is 49.4 Å². The molecule has 0 saturated heterocycles. The van der Waals surface area contributed by atoms with Crippen molar-refractivity contribution in [2.45, 2.75) is 64.4 Å². The van der Waals surface area contributed by atoms with Crippen LogP contribution in [0.3, 0.4) is 0 Å². The molecule has 1 rings (SSSR count). The zero-order chi connectivity index (χ0) is 15.5. The van der Waals surface area contributed by atoms with Crippen LogP contribution < -0.4 is 5.32 Å². The van der Waals surface area contributed by atoms with E-state index in [4.69, 9.17) is 0 Å². The lowest BCUT2D eigenvalue weighted by Gasteiger charge is -2.23. The van der Waals surface area contributed by atoms with Crippen LogP contribution in [-0.4, -0.2) is 31.4 Å². The molecule has 0 aliphatic heterocycles. The van der Waals surface area contributed by atoms with Gasteiger partial charge in [-0.3, -0.25) is 0 Å². The maximum absolute atomic E-state index is 12.6. The lowest BCUT2D eigenvalue weighted by molar-refractivity contribution is 0.370. The highest BCUT2D eigenvalue weighted by Crippen LogP contribution is 2.29. The van der Waals surface area contributed by atoms with Crippen LogP contribution in [0.25, 0.3) is 0 Å². The normalized spacial score (nSPS) is 12.8. The van der Waals surface area contributed by atoms with Crippen LogP contribution in [0.15, 0.2) is 10.3 Å². The summed E-state index contributed by atoms with van der Waals surface area (Å²) in [6.45, 7) is 13.0. The summed E-state index contributed by atoms with van der Waals surface area (Å²) < 4.78 is 27.2. The molecule has 1 N–H and O–H groups in total. The van der Waals surface area contributed by atoms with Crippen LogP contribution in [0, 0.1) is 6.92 Å². The van der Waals surface area contributed by atoms with Gasteiger partial charge in [0.25, 0.3) is 10.0 Å². The molecular formula is C14H26N2O2S2. The summed E-state index contributed by atoms with van der Waals surface area (Å²) >= 11 is 1.38. The van der Waals surface area contributed by atoms with Crippen molar-refractivity contribution in [1.82, 2.24) is 9.62 Å². The second kappa shape index (κ2) is 7.02. The zero-order valence-corrected chi connectivity index (χ0v) is 14.9. The van der Waals surface area contributed by atoms with E-state index in [0.29, 0.717) is 16.8 Å². The molecule has 1 aromatic rings. The number of aryl methyl sites for hydroxylation is 1. The van der Waals surface area contributed by atoms with E-state index in [1.165, 1.54) is 15.6 Å². The third-order valence-electron chi connectivity index (χ3n) is 3.12. The van der Waals surface area contributed by atoms with E-state index in [9.17, 15) is 8.42 Å². The molecule has 0 spiro atoms. The second-order valence-electron chi connectivity index (χ2n) is 5.51. The third-order valence-corrected chi connectivity index (χ3v) is 6.96. The minimum absolute atomic E-state index is 0.0235. The number of hydrogen-bond donors (Lipinski definition) is 1. The second-order valence-corrected chi connectivity index (χ2v) is 8.76. The Hall–Kier alpha value is -0.430. The summed E-state index contributed by atoms with van der Waals surface area (Å²) in [4.78, 5) is 1.09. The van der Waals surface area contributed by atoms with Crippen molar-refractivity contribution >= 4 is 21.4 Å². The van der Waals surface area contributed by atoms with Gasteiger partial charge in [-0.25, -0.2) is 8.42 Å². The van der Waals surface area contributed by atoms with Crippen LogP contribution in [0.5, 0.6) is 0 Å². The maximum atomic E-state index is 12.6. The standard InChI is InChI=1S/C14H26N2O2S2/c1-7-16(11(4)5)20(17,18)14-8-12(6)13(19-14)9-15-10(2)3/h8,10-11,15H,7,9H2,1-6H3. The molecule has 0 saturated carbocycles. The minimum Gasteiger partial charge on any atom is -0.310 e. The molecule has 4 nitrogen and oxygen atoms in total. The Bertz CT molecular complexity index is 533. The lowest BCUT2D eigenvalue weighted by atomic mass is 10.3. The molecular weight excluding hydrogens is 292 g/mol. The summed E-state index contributed by atoms with van der Waals surface area (Å²) in [5.74, 6) is 0. The highest BCUT2D eigenvalue weighted by Gasteiger charge is 2.27. The van der Waals surface area contributed by atoms with Gasteiger partial charge in [0.15, 0.2) is 0 Å². The van der Waals surface area contributed by atoms with Gasteiger partial charge in [-0.15, -0.1) is 11.3 Å². The number of hydrogen-bond acceptors (Lipinski definition) is 4. The Balaban J connectivity index is 3.05. The van der Waals surface area contributed by atoms with Gasteiger partial charge >= 0.3 is 0 Å². The van der Waals surface area contributed by atoms with Gasteiger partial charge in [0.1, 0.15) is 4.21 Å². The average molecular weight is 319 g/mol. The molecule has 0 amide bonds. The Morgan fingerprint density at radius 3 is 2.35 bits per heavy atom. The fourth-order valence-corrected chi connectivity index (χ4v) is 5.33. The first kappa shape index (κ1) is 17.6. The molecule has 0 atom stereocenters. The molecule has 0 bridgehead atoms. The van der Waals surface area contributed by atoms with Crippen LogP contribution in [0.1, 0.15) is 45.1 Å². The highest BCUT2D eigenvalue weighted by molar-refractivity contribution is 7.91. The number of nitrogens with one attached hydrogen (secondary N) is 1. The minimum atomic E-state index is -3.37. The van der Waals surface area contributed by atoms with Gasteiger partial charge in [-0.2, -0.15) is 4.31 Å². The maximum Gasteiger partial charge on any atom is 0.252 e. The molecule has 20 heavy (non-hydrogen) atoms. The van der Waals surface area contributed by atoms with Crippen molar-refractivity contribution in [3.05, 3.63) is 16.5 Å². The largest absolute Gasteiger partial charge is 0.310 e. The quantitative estimate of drug-likeness (QED) is 0.841. The van der Waals surface area contributed by atoms with Crippen molar-refractivity contribution in [1.29, 1.82) is 0 Å². The molecule has 1 heterocycles. The lowest BCUT2D eigenvalue weighted by Crippen LogP contribution is -2.36. The number of sulfonamides is 1. The van der Waals surface area contributed by atoms with Crippen LogP contribution >= 0.6 is 11.3 Å². The first-order valence-electron chi connectivity index (χ1n) is 7.04. The van der Waals surface area contributed by atoms with E-state index in [1.54, 1.807) is 6.07 Å². The van der Waals surface area contributed by atoms with Crippen molar-refractivity contribution in [3.63, 3.8) is 0 Å². The van der Waals surface area contributed by atoms with Crippen molar-refractivity contribution in [2.24, 2.45) is 0 Å². The van der Waals surface area contributed by atoms with E-state index in [2.05, 4.69) is 19.2 Å². The van der Waals surface area contributed by atoms with Crippen LogP contribution in [0.4, 0.5) is 0 Å². The summed E-state index contributed by atoms with van der Waals surface area (Å²) in [5.41, 5.74) is 1.04. The van der Waals surface area contributed by atoms with Gasteiger partial charge in [-0.05, 0) is 32.4 Å². The first-order valence-corrected chi connectivity index (χ1v) is 9.30. The van der Waals surface area contributed by atoms with E-state index in [-0.39, 0.29) is 6.04 Å². The Morgan fingerprint density at radius 2 is 1.90 bits per heavy atom. The molecule has 1 aromatic heterocycles. The zero-order valence-electron chi connectivity index (χ0n) is 13.2. The monoisotopic (exact) mass is 318 g/mol. The predicted molar refractivity (Wildman–Crippen MR) is 85.7 cm³/mol. The fraction of sp³-hybridized carbons (Fsp3) is 0.714. The Labute approximate surface area is 127 Å². The molecule has 0 aromatic carbocycles. The smallest absolute Gasteiger partial charge is 0.252 e. The van der Waals surface area contributed by atoms with Crippen LogP contribution in [0.2, 0.25) is 0 Å². The fourth-order valence-electron chi connectivity index (χ4n) is 2.02. The van der Waals surface area contributed by atoms with Crippen molar-refractivity contribution in [3.8, 4) is 0 Å². The summed E-state index contributed by atoms with van der Waals surface area (Å²) in [5, 5.41) is 3.34. The van der Waals surface area contributed by atoms with E-state index < -0.39 is 10.0 Å². The third kappa shape index (κ3) is 4.04. The Morgan fingerprint density at radius 1 is 1.30 bits per heavy atom. The van der Waals surface area contributed by atoms with Gasteiger partial charge < -0.3 is 5.32 Å². The van der Waals surface area contributed by atoms with Crippen LogP contribution in [-0.2, 0) is 16.6 Å². The summed E-state index contributed by atoms with van der Waals surface area (Å²) in [7, 11) is -3.37. The molecule has 0 fully saturated rings. The molecule has 0 unspecified atom stereocenters. The molecule has 6 heteroatoms. The first-order chi connectivity index (χ1) is 9.20. The van der Waals surface area contributed by atoms with E-state index >= 15 is 0 Å². The van der Waals surface area contributed by atoms with Gasteiger partial charge in [-0.1, -0.05) is 20.8 Å². The van der Waals surface area contributed by atoms with Gasteiger partial charge in [0, 0.05) is 30.1 Å².